The van der Waals surface area contributed by atoms with Gasteiger partial charge in [-0.05, 0) is 62.7 Å². The monoisotopic (exact) mass is 348 g/mol. The van der Waals surface area contributed by atoms with Crippen molar-refractivity contribution in [3.05, 3.63) is 11.1 Å². The molecule has 0 bridgehead atoms. The minimum atomic E-state index is -0.825. The number of Topliss-reactive ketones (excluding diaryl/α,β-unsaturated/α-hetero) is 1. The summed E-state index contributed by atoms with van der Waals surface area (Å²) < 4.78 is 20.2. The first-order valence-corrected chi connectivity index (χ1v) is 9.94. The molecule has 0 aromatic heterocycles. The third kappa shape index (κ3) is 2.86. The fraction of sp³-hybridized carbons (Fsp3) is 0.810. The summed E-state index contributed by atoms with van der Waals surface area (Å²) in [6.45, 7) is 3.58. The highest BCUT2D eigenvalue weighted by molar-refractivity contribution is 5.87. The number of rotatable bonds is 1. The maximum absolute atomic E-state index is 14.8. The molecule has 4 rings (SSSR count). The molecule has 4 heteroatoms. The zero-order chi connectivity index (χ0) is 17.8. The minimum absolute atomic E-state index is 0.0816. The lowest BCUT2D eigenvalue weighted by atomic mass is 9.57. The first-order valence-electron chi connectivity index (χ1n) is 9.94. The zero-order valence-corrected chi connectivity index (χ0v) is 15.4. The number of hydrogen-bond donors (Lipinski definition) is 0. The van der Waals surface area contributed by atoms with Gasteiger partial charge in [0.15, 0.2) is 0 Å². The highest BCUT2D eigenvalue weighted by Crippen LogP contribution is 2.59. The number of ketones is 1. The smallest absolute Gasteiger partial charge is 0.302 e. The van der Waals surface area contributed by atoms with Crippen molar-refractivity contribution >= 4 is 11.8 Å². The first kappa shape index (κ1) is 17.2. The van der Waals surface area contributed by atoms with E-state index in [1.807, 2.05) is 0 Å². The lowest BCUT2D eigenvalue weighted by Crippen LogP contribution is -2.42. The lowest BCUT2D eigenvalue weighted by Gasteiger charge is -2.46. The van der Waals surface area contributed by atoms with Gasteiger partial charge in [-0.3, -0.25) is 9.59 Å². The van der Waals surface area contributed by atoms with Crippen molar-refractivity contribution in [1.82, 2.24) is 0 Å². The van der Waals surface area contributed by atoms with Crippen LogP contribution in [0.25, 0.3) is 0 Å². The second-order valence-electron chi connectivity index (χ2n) is 8.93. The summed E-state index contributed by atoms with van der Waals surface area (Å²) in [5, 5.41) is 0. The van der Waals surface area contributed by atoms with E-state index in [-0.39, 0.29) is 17.5 Å². The summed E-state index contributed by atoms with van der Waals surface area (Å²) in [6, 6.07) is 0. The van der Waals surface area contributed by atoms with E-state index >= 15 is 0 Å². The number of ether oxygens (including phenoxy) is 1. The van der Waals surface area contributed by atoms with E-state index in [1.165, 1.54) is 18.1 Å². The van der Waals surface area contributed by atoms with E-state index in [9.17, 15) is 14.0 Å². The van der Waals surface area contributed by atoms with Crippen molar-refractivity contribution in [1.29, 1.82) is 0 Å². The second-order valence-corrected chi connectivity index (χ2v) is 8.93. The SMILES string of the molecule is CC(=O)O[C@H]1CCC2=C(C[C@H](F)C[C@@H]3[C@@H]2CC[C@@]2(C)C(=O)CC[C@H]32)C1. The van der Waals surface area contributed by atoms with Gasteiger partial charge in [0, 0.05) is 25.2 Å². The fourth-order valence-electron chi connectivity index (χ4n) is 6.46. The van der Waals surface area contributed by atoms with Crippen LogP contribution in [-0.4, -0.2) is 24.0 Å². The van der Waals surface area contributed by atoms with Crippen LogP contribution in [0.5, 0.6) is 0 Å². The van der Waals surface area contributed by atoms with Crippen LogP contribution in [0.1, 0.15) is 71.6 Å². The van der Waals surface area contributed by atoms with Crippen LogP contribution < -0.4 is 0 Å². The molecule has 4 aliphatic carbocycles. The predicted molar refractivity (Wildman–Crippen MR) is 92.6 cm³/mol. The van der Waals surface area contributed by atoms with Crippen LogP contribution in [0.2, 0.25) is 0 Å². The molecule has 0 N–H and O–H groups in total. The normalized spacial score (nSPS) is 43.8. The zero-order valence-electron chi connectivity index (χ0n) is 15.4. The predicted octanol–water partition coefficient (Wildman–Crippen LogP) is 4.54. The summed E-state index contributed by atoms with van der Waals surface area (Å²) in [5.41, 5.74) is 2.46. The Labute approximate surface area is 149 Å². The molecule has 6 atom stereocenters. The summed E-state index contributed by atoms with van der Waals surface area (Å²) in [6.07, 6.45) is 6.30. The number of esters is 1. The molecule has 4 aliphatic rings. The van der Waals surface area contributed by atoms with Gasteiger partial charge >= 0.3 is 5.97 Å². The Kier molecular flexibility index (Phi) is 4.28. The molecule has 3 nitrogen and oxygen atoms in total. The van der Waals surface area contributed by atoms with Gasteiger partial charge in [-0.15, -0.1) is 0 Å². The first-order chi connectivity index (χ1) is 11.9. The molecule has 2 saturated carbocycles. The standard InChI is InChI=1S/C21H29FO3/c1-12(23)25-15-3-4-16-13(10-15)9-14(22)11-18-17(16)7-8-21(2)19(18)5-6-20(21)24/h14-15,17-19H,3-11H2,1-2H3/t14-,15-,17+,18+,19+,21+/m0/s1. The molecular weight excluding hydrogens is 319 g/mol. The van der Waals surface area contributed by atoms with Crippen LogP contribution in [-0.2, 0) is 14.3 Å². The van der Waals surface area contributed by atoms with Gasteiger partial charge in [-0.2, -0.15) is 0 Å². The Balaban J connectivity index is 1.62. The Morgan fingerprint density at radius 1 is 1.20 bits per heavy atom. The van der Waals surface area contributed by atoms with Crippen molar-refractivity contribution in [3.63, 3.8) is 0 Å². The second kappa shape index (κ2) is 6.21. The van der Waals surface area contributed by atoms with Crippen LogP contribution in [0.4, 0.5) is 4.39 Å². The van der Waals surface area contributed by atoms with Crippen LogP contribution in [0, 0.1) is 23.2 Å². The van der Waals surface area contributed by atoms with Gasteiger partial charge in [-0.25, -0.2) is 4.39 Å². The largest absolute Gasteiger partial charge is 0.462 e. The number of allylic oxidation sites excluding steroid dienone is 1. The third-order valence-electron chi connectivity index (χ3n) is 7.59. The van der Waals surface area contributed by atoms with Crippen molar-refractivity contribution in [2.24, 2.45) is 23.2 Å². The average molecular weight is 348 g/mol. The van der Waals surface area contributed by atoms with Gasteiger partial charge in [0.25, 0.3) is 0 Å². The molecule has 0 spiro atoms. The Hall–Kier alpha value is -1.19. The molecule has 25 heavy (non-hydrogen) atoms. The van der Waals surface area contributed by atoms with E-state index in [2.05, 4.69) is 6.92 Å². The minimum Gasteiger partial charge on any atom is -0.462 e. The molecule has 0 heterocycles. The fourth-order valence-corrected chi connectivity index (χ4v) is 6.46. The molecule has 0 unspecified atom stereocenters. The molecular formula is C21H29FO3. The molecule has 0 aromatic rings. The van der Waals surface area contributed by atoms with E-state index in [0.29, 0.717) is 49.2 Å². The molecule has 0 aliphatic heterocycles. The van der Waals surface area contributed by atoms with Gasteiger partial charge in [0.1, 0.15) is 18.1 Å². The van der Waals surface area contributed by atoms with Gasteiger partial charge in [-0.1, -0.05) is 18.1 Å². The topological polar surface area (TPSA) is 43.4 Å². The van der Waals surface area contributed by atoms with Gasteiger partial charge in [0.05, 0.1) is 0 Å². The number of hydrogen-bond acceptors (Lipinski definition) is 3. The van der Waals surface area contributed by atoms with E-state index in [4.69, 9.17) is 4.74 Å². The summed E-state index contributed by atoms with van der Waals surface area (Å²) >= 11 is 0. The average Bonchev–Trinajstić information content (AvgIpc) is 2.76. The molecule has 138 valence electrons. The number of fused-ring (bicyclic) bond motifs is 4. The Morgan fingerprint density at radius 2 is 2.00 bits per heavy atom. The number of alkyl halides is 1. The quantitative estimate of drug-likeness (QED) is 0.516. The number of halogens is 1. The summed E-state index contributed by atoms with van der Waals surface area (Å²) in [7, 11) is 0. The number of carbonyl (C=O) groups excluding carboxylic acids is 2. The Morgan fingerprint density at radius 3 is 2.76 bits per heavy atom. The molecule has 0 radical (unpaired) electrons. The van der Waals surface area contributed by atoms with Crippen LogP contribution >= 0.6 is 0 Å². The van der Waals surface area contributed by atoms with Crippen LogP contribution in [0.3, 0.4) is 0 Å². The van der Waals surface area contributed by atoms with E-state index in [0.717, 1.165) is 32.1 Å². The van der Waals surface area contributed by atoms with Crippen LogP contribution in [0.15, 0.2) is 11.1 Å². The maximum Gasteiger partial charge on any atom is 0.302 e. The van der Waals surface area contributed by atoms with Gasteiger partial charge in [0.2, 0.25) is 0 Å². The van der Waals surface area contributed by atoms with Crippen molar-refractivity contribution in [2.45, 2.75) is 83.9 Å². The molecule has 0 aromatic carbocycles. The summed E-state index contributed by atoms with van der Waals surface area (Å²) in [5.74, 6) is 1.28. The molecule has 0 amide bonds. The highest BCUT2D eigenvalue weighted by Gasteiger charge is 2.55. The highest BCUT2D eigenvalue weighted by atomic mass is 19.1. The van der Waals surface area contributed by atoms with Crippen molar-refractivity contribution < 1.29 is 18.7 Å². The maximum atomic E-state index is 14.8. The molecule has 2 fully saturated rings. The molecule has 0 saturated heterocycles. The lowest BCUT2D eigenvalue weighted by molar-refractivity contribution is -0.146. The Bertz CT molecular complexity index is 625. The van der Waals surface area contributed by atoms with E-state index < -0.39 is 6.17 Å². The third-order valence-corrected chi connectivity index (χ3v) is 7.59. The van der Waals surface area contributed by atoms with Crippen molar-refractivity contribution in [3.8, 4) is 0 Å². The summed E-state index contributed by atoms with van der Waals surface area (Å²) in [4.78, 5) is 23.7. The number of carbonyl (C=O) groups is 2. The van der Waals surface area contributed by atoms with E-state index in [1.54, 1.807) is 0 Å². The van der Waals surface area contributed by atoms with Crippen molar-refractivity contribution in [2.75, 3.05) is 0 Å². The van der Waals surface area contributed by atoms with Gasteiger partial charge < -0.3 is 4.74 Å².